The number of methoxy groups -OCH3 is 1. The van der Waals surface area contributed by atoms with Crippen LogP contribution in [0.1, 0.15) is 22.8 Å². The molecule has 0 saturated heterocycles. The zero-order valence-electron chi connectivity index (χ0n) is 16.2. The van der Waals surface area contributed by atoms with E-state index in [9.17, 15) is 8.42 Å². The van der Waals surface area contributed by atoms with Crippen LogP contribution in [0.15, 0.2) is 88.7 Å². The summed E-state index contributed by atoms with van der Waals surface area (Å²) in [7, 11) is -1.47. The number of benzene rings is 3. The van der Waals surface area contributed by atoms with Gasteiger partial charge >= 0.3 is 0 Å². The fraction of sp³-hybridized carbons (Fsp3) is 0.217. The molecule has 0 N–H and O–H groups in total. The molecule has 0 aliphatic carbocycles. The summed E-state index contributed by atoms with van der Waals surface area (Å²) >= 11 is 0. The lowest BCUT2D eigenvalue weighted by Gasteiger charge is -2.25. The molecule has 146 valence electrons. The van der Waals surface area contributed by atoms with Crippen molar-refractivity contribution in [1.29, 1.82) is 0 Å². The van der Waals surface area contributed by atoms with E-state index in [0.717, 1.165) is 16.7 Å². The maximum absolute atomic E-state index is 13.5. The molecule has 0 radical (unpaired) electrons. The summed E-state index contributed by atoms with van der Waals surface area (Å²) in [5.41, 5.74) is 3.03. The minimum atomic E-state index is -1.52. The van der Waals surface area contributed by atoms with Gasteiger partial charge in [-0.1, -0.05) is 65.7 Å². The molecule has 5 heteroatoms. The SMILES string of the molecule is COC(c1ccccc1)C(S(=O)c1ccc(C)cc1)S(=O)c1ccc(C)cc1. The Hall–Kier alpha value is -2.08. The molecule has 0 bridgehead atoms. The largest absolute Gasteiger partial charge is 0.374 e. The topological polar surface area (TPSA) is 43.4 Å². The van der Waals surface area contributed by atoms with Crippen LogP contribution in [0.5, 0.6) is 0 Å². The summed E-state index contributed by atoms with van der Waals surface area (Å²) in [5, 5.41) is 0. The normalized spacial score (nSPS) is 15.5. The van der Waals surface area contributed by atoms with E-state index < -0.39 is 32.3 Å². The molecule has 3 atom stereocenters. The van der Waals surface area contributed by atoms with Gasteiger partial charge < -0.3 is 4.74 Å². The number of ether oxygens (including phenoxy) is 1. The summed E-state index contributed by atoms with van der Waals surface area (Å²) in [6.45, 7) is 3.97. The molecule has 0 spiro atoms. The van der Waals surface area contributed by atoms with Crippen LogP contribution in [-0.2, 0) is 26.3 Å². The first-order chi connectivity index (χ1) is 13.5. The summed E-state index contributed by atoms with van der Waals surface area (Å²) in [6, 6.07) is 24.6. The Balaban J connectivity index is 2.06. The highest BCUT2D eigenvalue weighted by atomic mass is 32.2. The molecule has 0 aromatic heterocycles. The van der Waals surface area contributed by atoms with Gasteiger partial charge in [-0.05, 0) is 43.7 Å². The second kappa shape index (κ2) is 9.41. The van der Waals surface area contributed by atoms with Crippen LogP contribution in [0, 0.1) is 13.8 Å². The van der Waals surface area contributed by atoms with Gasteiger partial charge in [-0.25, -0.2) is 0 Å². The quantitative estimate of drug-likeness (QED) is 0.552. The molecule has 0 fully saturated rings. The third-order valence-electron chi connectivity index (χ3n) is 4.56. The van der Waals surface area contributed by atoms with E-state index in [1.807, 2.05) is 92.7 Å². The molecule has 3 aromatic rings. The predicted octanol–water partition coefficient (Wildman–Crippen LogP) is 4.93. The molecule has 3 nitrogen and oxygen atoms in total. The minimum absolute atomic E-state index is 0.564. The highest BCUT2D eigenvalue weighted by molar-refractivity contribution is 8.03. The Bertz CT molecular complexity index is 894. The fourth-order valence-electron chi connectivity index (χ4n) is 2.96. The second-order valence-electron chi connectivity index (χ2n) is 6.66. The van der Waals surface area contributed by atoms with Crippen molar-refractivity contribution in [3.05, 3.63) is 95.6 Å². The van der Waals surface area contributed by atoms with E-state index in [1.54, 1.807) is 7.11 Å². The van der Waals surface area contributed by atoms with Gasteiger partial charge in [-0.2, -0.15) is 0 Å². The van der Waals surface area contributed by atoms with Crippen LogP contribution in [0.4, 0.5) is 0 Å². The number of hydrogen-bond donors (Lipinski definition) is 0. The number of rotatable bonds is 7. The lowest BCUT2D eigenvalue weighted by Crippen LogP contribution is -2.30. The van der Waals surface area contributed by atoms with Crippen molar-refractivity contribution in [2.45, 2.75) is 34.3 Å². The molecule has 28 heavy (non-hydrogen) atoms. The third-order valence-corrected chi connectivity index (χ3v) is 8.42. The van der Waals surface area contributed by atoms with Crippen LogP contribution in [0.25, 0.3) is 0 Å². The summed E-state index contributed by atoms with van der Waals surface area (Å²) in [5.74, 6) is 0. The number of aryl methyl sites for hydroxylation is 2. The monoisotopic (exact) mass is 412 g/mol. The van der Waals surface area contributed by atoms with Gasteiger partial charge in [0.15, 0.2) is 0 Å². The highest BCUT2D eigenvalue weighted by Gasteiger charge is 2.35. The van der Waals surface area contributed by atoms with Crippen LogP contribution in [0.2, 0.25) is 0 Å². The van der Waals surface area contributed by atoms with Gasteiger partial charge in [0, 0.05) is 16.9 Å². The molecule has 0 aliphatic heterocycles. The van der Waals surface area contributed by atoms with Crippen molar-refractivity contribution in [3.63, 3.8) is 0 Å². The van der Waals surface area contributed by atoms with Crippen LogP contribution >= 0.6 is 0 Å². The van der Waals surface area contributed by atoms with Crippen molar-refractivity contribution in [2.24, 2.45) is 0 Å². The van der Waals surface area contributed by atoms with Gasteiger partial charge in [0.05, 0.1) is 21.6 Å². The van der Waals surface area contributed by atoms with Crippen molar-refractivity contribution in [3.8, 4) is 0 Å². The summed E-state index contributed by atoms with van der Waals surface area (Å²) < 4.78 is 32.1. The smallest absolute Gasteiger partial charge is 0.149 e. The van der Waals surface area contributed by atoms with Crippen LogP contribution < -0.4 is 0 Å². The zero-order chi connectivity index (χ0) is 20.1. The Morgan fingerprint density at radius 1 is 0.679 bits per heavy atom. The van der Waals surface area contributed by atoms with Crippen molar-refractivity contribution >= 4 is 21.6 Å². The molecule has 0 saturated carbocycles. The Morgan fingerprint density at radius 2 is 1.11 bits per heavy atom. The standard InChI is InChI=1S/C23H24O3S2/c1-17-9-13-20(14-10-17)27(24)23(22(26-3)19-7-5-4-6-8-19)28(25)21-15-11-18(2)12-16-21/h4-16,22-23H,1-3H3. The van der Waals surface area contributed by atoms with Gasteiger partial charge in [0.2, 0.25) is 0 Å². The summed E-state index contributed by atoms with van der Waals surface area (Å²) in [6.07, 6.45) is -0.564. The van der Waals surface area contributed by atoms with Gasteiger partial charge in [-0.3, -0.25) is 8.42 Å². The van der Waals surface area contributed by atoms with Crippen LogP contribution in [-0.4, -0.2) is 20.1 Å². The van der Waals surface area contributed by atoms with Crippen molar-refractivity contribution in [2.75, 3.05) is 7.11 Å². The average molecular weight is 413 g/mol. The Kier molecular flexibility index (Phi) is 6.94. The van der Waals surface area contributed by atoms with Gasteiger partial charge in [-0.15, -0.1) is 0 Å². The molecular formula is C23H24O3S2. The minimum Gasteiger partial charge on any atom is -0.374 e. The third kappa shape index (κ3) is 4.66. The number of hydrogen-bond acceptors (Lipinski definition) is 3. The van der Waals surface area contributed by atoms with E-state index in [0.29, 0.717) is 9.79 Å². The molecular weight excluding hydrogens is 388 g/mol. The van der Waals surface area contributed by atoms with Crippen molar-refractivity contribution in [1.82, 2.24) is 0 Å². The fourth-order valence-corrected chi connectivity index (χ4v) is 6.60. The predicted molar refractivity (Wildman–Crippen MR) is 115 cm³/mol. The molecule has 0 aliphatic rings. The van der Waals surface area contributed by atoms with E-state index in [2.05, 4.69) is 0 Å². The summed E-state index contributed by atoms with van der Waals surface area (Å²) in [4.78, 5) is 1.29. The lowest BCUT2D eigenvalue weighted by molar-refractivity contribution is 0.115. The maximum Gasteiger partial charge on any atom is 0.149 e. The zero-order valence-corrected chi connectivity index (χ0v) is 17.8. The van der Waals surface area contributed by atoms with E-state index >= 15 is 0 Å². The molecule has 3 aromatic carbocycles. The first kappa shape index (κ1) is 20.6. The van der Waals surface area contributed by atoms with Gasteiger partial charge in [0.25, 0.3) is 0 Å². The molecule has 3 unspecified atom stereocenters. The van der Waals surface area contributed by atoms with Gasteiger partial charge in [0.1, 0.15) is 10.7 Å². The van der Waals surface area contributed by atoms with E-state index in [4.69, 9.17) is 4.74 Å². The lowest BCUT2D eigenvalue weighted by atomic mass is 10.1. The van der Waals surface area contributed by atoms with E-state index in [-0.39, 0.29) is 0 Å². The van der Waals surface area contributed by atoms with Crippen LogP contribution in [0.3, 0.4) is 0 Å². The molecule has 0 amide bonds. The average Bonchev–Trinajstić information content (AvgIpc) is 2.72. The highest BCUT2D eigenvalue weighted by Crippen LogP contribution is 2.32. The first-order valence-corrected chi connectivity index (χ1v) is 11.5. The second-order valence-corrected chi connectivity index (χ2v) is 10.1. The Morgan fingerprint density at radius 3 is 1.50 bits per heavy atom. The molecule has 3 rings (SSSR count). The maximum atomic E-state index is 13.5. The van der Waals surface area contributed by atoms with Crippen molar-refractivity contribution < 1.29 is 13.2 Å². The molecule has 0 heterocycles. The Labute approximate surface area is 171 Å². The van der Waals surface area contributed by atoms with E-state index in [1.165, 1.54) is 0 Å². The first-order valence-electron chi connectivity index (χ1n) is 9.03.